The van der Waals surface area contributed by atoms with Crippen LogP contribution in [0.4, 0.5) is 10.5 Å². The third-order valence-electron chi connectivity index (χ3n) is 4.16. The molecule has 0 saturated carbocycles. The summed E-state index contributed by atoms with van der Waals surface area (Å²) in [6, 6.07) is 5.94. The Morgan fingerprint density at radius 2 is 1.96 bits per heavy atom. The van der Waals surface area contributed by atoms with Gasteiger partial charge in [-0.3, -0.25) is 9.48 Å². The number of anilines is 1. The second kappa shape index (κ2) is 7.26. The summed E-state index contributed by atoms with van der Waals surface area (Å²) in [5, 5.41) is 15.7. The Bertz CT molecular complexity index is 830. The number of amides is 3. The Balaban J connectivity index is 1.53. The monoisotopic (exact) mass is 357 g/mol. The van der Waals surface area contributed by atoms with Gasteiger partial charge in [-0.05, 0) is 17.7 Å². The van der Waals surface area contributed by atoms with Crippen LogP contribution >= 0.6 is 0 Å². The number of urea groups is 1. The zero-order chi connectivity index (χ0) is 18.7. The quantitative estimate of drug-likeness (QED) is 0.836. The van der Waals surface area contributed by atoms with Crippen LogP contribution in [-0.4, -0.2) is 57.3 Å². The number of hydrogen-bond acceptors (Lipinski definition) is 4. The first-order valence-corrected chi connectivity index (χ1v) is 8.08. The molecule has 0 atom stereocenters. The minimum absolute atomic E-state index is 0.00131. The minimum Gasteiger partial charge on any atom is -0.478 e. The molecule has 0 radical (unpaired) electrons. The Kier molecular flexibility index (Phi) is 4.87. The number of carbonyl (C=O) groups excluding carboxylic acids is 2. The number of nitrogens with one attached hydrogen (secondary N) is 1. The maximum atomic E-state index is 12.3. The van der Waals surface area contributed by atoms with Gasteiger partial charge in [0.05, 0.1) is 17.4 Å². The van der Waals surface area contributed by atoms with E-state index in [9.17, 15) is 14.4 Å². The highest BCUT2D eigenvalue weighted by Crippen LogP contribution is 2.16. The number of carbonyl (C=O) groups is 3. The average Bonchev–Trinajstić information content (AvgIpc) is 3.06. The highest BCUT2D eigenvalue weighted by Gasteiger charge is 2.28. The molecule has 2 N–H and O–H groups in total. The third-order valence-corrected chi connectivity index (χ3v) is 4.16. The largest absolute Gasteiger partial charge is 0.478 e. The van der Waals surface area contributed by atoms with E-state index in [0.717, 1.165) is 11.3 Å². The van der Waals surface area contributed by atoms with Crippen molar-refractivity contribution in [2.24, 2.45) is 7.05 Å². The number of piperazine rings is 1. The Morgan fingerprint density at radius 1 is 1.23 bits per heavy atom. The lowest BCUT2D eigenvalue weighted by Gasteiger charge is -2.33. The number of hydrogen-bond donors (Lipinski definition) is 2. The van der Waals surface area contributed by atoms with Gasteiger partial charge in [0.15, 0.2) is 0 Å². The summed E-state index contributed by atoms with van der Waals surface area (Å²) < 4.78 is 1.62. The highest BCUT2D eigenvalue weighted by molar-refractivity contribution is 5.97. The molecule has 1 aromatic carbocycles. The van der Waals surface area contributed by atoms with Gasteiger partial charge in [-0.2, -0.15) is 5.10 Å². The van der Waals surface area contributed by atoms with E-state index in [1.165, 1.54) is 17.0 Å². The molecule has 9 nitrogen and oxygen atoms in total. The van der Waals surface area contributed by atoms with Crippen molar-refractivity contribution in [1.29, 1.82) is 0 Å². The first-order chi connectivity index (χ1) is 12.4. The van der Waals surface area contributed by atoms with E-state index in [-0.39, 0.29) is 30.6 Å². The molecule has 9 heteroatoms. The molecule has 0 bridgehead atoms. The van der Waals surface area contributed by atoms with Crippen LogP contribution < -0.4 is 10.2 Å². The van der Waals surface area contributed by atoms with Crippen molar-refractivity contribution >= 4 is 23.6 Å². The molecule has 1 fully saturated rings. The zero-order valence-electron chi connectivity index (χ0n) is 14.3. The number of aromatic nitrogens is 2. The van der Waals surface area contributed by atoms with Crippen LogP contribution in [0.15, 0.2) is 36.7 Å². The van der Waals surface area contributed by atoms with Crippen molar-refractivity contribution in [2.45, 2.75) is 6.54 Å². The summed E-state index contributed by atoms with van der Waals surface area (Å²) >= 11 is 0. The fourth-order valence-electron chi connectivity index (χ4n) is 2.72. The predicted octanol–water partition coefficient (Wildman–Crippen LogP) is 0.677. The lowest BCUT2D eigenvalue weighted by molar-refractivity contribution is -0.120. The van der Waals surface area contributed by atoms with Gasteiger partial charge in [0.2, 0.25) is 5.91 Å². The van der Waals surface area contributed by atoms with Crippen LogP contribution in [0.3, 0.4) is 0 Å². The van der Waals surface area contributed by atoms with E-state index >= 15 is 0 Å². The lowest BCUT2D eigenvalue weighted by Crippen LogP contribution is -2.54. The van der Waals surface area contributed by atoms with Crippen molar-refractivity contribution in [3.05, 3.63) is 47.8 Å². The molecule has 136 valence electrons. The summed E-state index contributed by atoms with van der Waals surface area (Å²) in [7, 11) is 1.78. The van der Waals surface area contributed by atoms with Gasteiger partial charge in [-0.15, -0.1) is 0 Å². The van der Waals surface area contributed by atoms with Gasteiger partial charge in [-0.25, -0.2) is 9.59 Å². The minimum atomic E-state index is -0.995. The summed E-state index contributed by atoms with van der Waals surface area (Å²) in [5.41, 5.74) is 1.69. The second-order valence-electron chi connectivity index (χ2n) is 6.00. The molecule has 1 aromatic heterocycles. The fourth-order valence-corrected chi connectivity index (χ4v) is 2.72. The van der Waals surface area contributed by atoms with Crippen LogP contribution in [-0.2, 0) is 18.4 Å². The van der Waals surface area contributed by atoms with Crippen molar-refractivity contribution in [2.75, 3.05) is 24.5 Å². The van der Waals surface area contributed by atoms with Gasteiger partial charge >= 0.3 is 12.0 Å². The van der Waals surface area contributed by atoms with Crippen molar-refractivity contribution in [3.63, 3.8) is 0 Å². The van der Waals surface area contributed by atoms with E-state index in [1.807, 2.05) is 0 Å². The van der Waals surface area contributed by atoms with Crippen LogP contribution in [0.2, 0.25) is 0 Å². The zero-order valence-corrected chi connectivity index (χ0v) is 14.3. The molecule has 26 heavy (non-hydrogen) atoms. The average molecular weight is 357 g/mol. The first-order valence-electron chi connectivity index (χ1n) is 8.08. The van der Waals surface area contributed by atoms with Gasteiger partial charge in [-0.1, -0.05) is 12.1 Å². The van der Waals surface area contributed by atoms with Crippen LogP contribution in [0.5, 0.6) is 0 Å². The van der Waals surface area contributed by atoms with Gasteiger partial charge < -0.3 is 20.2 Å². The van der Waals surface area contributed by atoms with E-state index in [2.05, 4.69) is 10.4 Å². The number of aryl methyl sites for hydroxylation is 1. The molecule has 0 spiro atoms. The second-order valence-corrected chi connectivity index (χ2v) is 6.00. The number of carboxylic acids is 1. The lowest BCUT2D eigenvalue weighted by atomic mass is 10.1. The third kappa shape index (κ3) is 3.82. The van der Waals surface area contributed by atoms with Crippen molar-refractivity contribution < 1.29 is 19.5 Å². The van der Waals surface area contributed by atoms with Crippen LogP contribution in [0.25, 0.3) is 0 Å². The van der Waals surface area contributed by atoms with Gasteiger partial charge in [0.25, 0.3) is 0 Å². The predicted molar refractivity (Wildman–Crippen MR) is 92.8 cm³/mol. The molecule has 0 unspecified atom stereocenters. The van der Waals surface area contributed by atoms with E-state index in [4.69, 9.17) is 5.11 Å². The van der Waals surface area contributed by atoms with E-state index < -0.39 is 5.97 Å². The summed E-state index contributed by atoms with van der Waals surface area (Å²) in [4.78, 5) is 38.5. The Morgan fingerprint density at radius 3 is 2.54 bits per heavy atom. The number of rotatable bonds is 4. The molecular weight excluding hydrogens is 338 g/mol. The van der Waals surface area contributed by atoms with E-state index in [1.54, 1.807) is 41.2 Å². The summed E-state index contributed by atoms with van der Waals surface area (Å²) in [5.74, 6) is -1.16. The molecule has 1 aliphatic heterocycles. The molecular formula is C17H19N5O4. The number of nitrogens with zero attached hydrogens (tertiary/aromatic N) is 4. The molecule has 0 aliphatic carbocycles. The highest BCUT2D eigenvalue weighted by atomic mass is 16.4. The smallest absolute Gasteiger partial charge is 0.335 e. The molecule has 3 amide bonds. The Hall–Kier alpha value is -3.36. The maximum Gasteiger partial charge on any atom is 0.335 e. The van der Waals surface area contributed by atoms with Gasteiger partial charge in [0, 0.05) is 32.9 Å². The fraction of sp³-hybridized carbons (Fsp3) is 0.294. The summed E-state index contributed by atoms with van der Waals surface area (Å²) in [6.45, 7) is 1.09. The molecule has 1 saturated heterocycles. The van der Waals surface area contributed by atoms with Gasteiger partial charge in [0.1, 0.15) is 6.54 Å². The summed E-state index contributed by atoms with van der Waals surface area (Å²) in [6.07, 6.45) is 3.38. The molecule has 1 aliphatic rings. The topological polar surface area (TPSA) is 108 Å². The molecule has 3 rings (SSSR count). The number of aromatic carboxylic acids is 1. The molecule has 2 aromatic rings. The SMILES string of the molecule is Cn1cc(N2CCN(C(=O)NCc3ccc(C(=O)O)cc3)CC2=O)cn1. The van der Waals surface area contributed by atoms with Crippen LogP contribution in [0, 0.1) is 0 Å². The normalized spacial score (nSPS) is 14.4. The maximum absolute atomic E-state index is 12.3. The molecule has 2 heterocycles. The Labute approximate surface area is 149 Å². The van der Waals surface area contributed by atoms with Crippen LogP contribution in [0.1, 0.15) is 15.9 Å². The number of benzene rings is 1. The van der Waals surface area contributed by atoms with Crippen molar-refractivity contribution in [1.82, 2.24) is 20.0 Å². The van der Waals surface area contributed by atoms with E-state index in [0.29, 0.717) is 13.1 Å². The first kappa shape index (κ1) is 17.5. The standard InChI is InChI=1S/C17H19N5O4/c1-20-10-14(9-19-20)22-7-6-21(11-15(22)23)17(26)18-8-12-2-4-13(5-3-12)16(24)25/h2-5,9-10H,6-8,11H2,1H3,(H,18,26)(H,24,25). The van der Waals surface area contributed by atoms with Crippen molar-refractivity contribution in [3.8, 4) is 0 Å². The number of carboxylic acid groups (broad SMARTS) is 1.